The van der Waals surface area contributed by atoms with Crippen LogP contribution in [0.2, 0.25) is 0 Å². The van der Waals surface area contributed by atoms with Crippen molar-refractivity contribution in [3.05, 3.63) is 52.5 Å². The van der Waals surface area contributed by atoms with Crippen LogP contribution in [0.15, 0.2) is 36.4 Å². The monoisotopic (exact) mass is 493 g/mol. The largest absolute Gasteiger partial charge is 0.497 e. The number of amides is 2. The zero-order valence-electron chi connectivity index (χ0n) is 20.9. The highest BCUT2D eigenvalue weighted by molar-refractivity contribution is 7.19. The van der Waals surface area contributed by atoms with Gasteiger partial charge in [-0.05, 0) is 56.0 Å². The van der Waals surface area contributed by atoms with E-state index in [1.54, 1.807) is 23.3 Å². The van der Waals surface area contributed by atoms with Gasteiger partial charge in [-0.1, -0.05) is 44.7 Å². The summed E-state index contributed by atoms with van der Waals surface area (Å²) in [4.78, 5) is 31.0. The molecule has 7 heteroatoms. The number of hydrogen-bond donors (Lipinski definition) is 1. The van der Waals surface area contributed by atoms with Crippen LogP contribution in [0.3, 0.4) is 0 Å². The van der Waals surface area contributed by atoms with Crippen molar-refractivity contribution in [2.75, 3.05) is 7.11 Å². The molecule has 0 spiro atoms. The number of carbonyl (C=O) groups is 2. The van der Waals surface area contributed by atoms with Gasteiger partial charge in [0, 0.05) is 17.5 Å². The van der Waals surface area contributed by atoms with Crippen LogP contribution in [0.5, 0.6) is 5.75 Å². The Morgan fingerprint density at radius 3 is 2.51 bits per heavy atom. The molecule has 1 atom stereocenters. The Kier molecular flexibility index (Phi) is 6.62. The fraction of sp³-hybridized carbons (Fsp3) is 0.500. The Balaban J connectivity index is 1.51. The van der Waals surface area contributed by atoms with E-state index in [-0.39, 0.29) is 17.9 Å². The number of carbonyl (C=O) groups excluding carboxylic acids is 2. The van der Waals surface area contributed by atoms with Gasteiger partial charge in [-0.25, -0.2) is 0 Å². The van der Waals surface area contributed by atoms with Gasteiger partial charge in [0.2, 0.25) is 5.91 Å². The molecule has 0 bridgehead atoms. The Hall–Kier alpha value is -2.80. The maximum Gasteiger partial charge on any atom is 0.271 e. The fourth-order valence-corrected chi connectivity index (χ4v) is 6.53. The van der Waals surface area contributed by atoms with Gasteiger partial charge in [0.15, 0.2) is 0 Å². The maximum atomic E-state index is 13.9. The lowest BCUT2D eigenvalue weighted by Gasteiger charge is -2.44. The Morgan fingerprint density at radius 1 is 1.14 bits per heavy atom. The Bertz CT molecular complexity index is 1220. The van der Waals surface area contributed by atoms with Crippen LogP contribution in [0.1, 0.15) is 73.3 Å². The molecule has 2 aliphatic rings. The minimum Gasteiger partial charge on any atom is -0.497 e. The molecule has 1 aromatic carbocycles. The van der Waals surface area contributed by atoms with Crippen molar-refractivity contribution in [1.29, 1.82) is 0 Å². The molecule has 1 fully saturated rings. The number of ether oxygens (including phenoxy) is 1. The Morgan fingerprint density at radius 2 is 1.86 bits per heavy atom. The first-order valence-corrected chi connectivity index (χ1v) is 13.6. The van der Waals surface area contributed by atoms with Gasteiger partial charge in [0.25, 0.3) is 5.91 Å². The summed E-state index contributed by atoms with van der Waals surface area (Å²) in [6, 6.07) is 12.1. The van der Waals surface area contributed by atoms with E-state index in [0.717, 1.165) is 53.6 Å². The molecule has 0 saturated heterocycles. The summed E-state index contributed by atoms with van der Waals surface area (Å²) >= 11 is 1.74. The molecule has 3 aromatic rings. The zero-order chi connectivity index (χ0) is 24.6. The van der Waals surface area contributed by atoms with Crippen molar-refractivity contribution in [3.63, 3.8) is 0 Å². The van der Waals surface area contributed by atoms with Gasteiger partial charge in [-0.15, -0.1) is 11.3 Å². The maximum absolute atomic E-state index is 13.9. The number of aromatic nitrogens is 1. The lowest BCUT2D eigenvalue weighted by molar-refractivity contribution is -0.134. The summed E-state index contributed by atoms with van der Waals surface area (Å²) < 4.78 is 8.49. The Labute approximate surface area is 211 Å². The second kappa shape index (κ2) is 9.69. The third kappa shape index (κ3) is 4.46. The summed E-state index contributed by atoms with van der Waals surface area (Å²) in [6.45, 7) is 4.90. The average Bonchev–Trinajstić information content (AvgIpc) is 3.31. The van der Waals surface area contributed by atoms with Crippen LogP contribution in [-0.2, 0) is 24.3 Å². The predicted octanol–water partition coefficient (Wildman–Crippen LogP) is 5.53. The number of aryl methyl sites for hydroxylation is 1. The third-order valence-corrected chi connectivity index (χ3v) is 8.91. The lowest BCUT2D eigenvalue weighted by Crippen LogP contribution is -2.64. The molecule has 0 radical (unpaired) electrons. The molecule has 3 heterocycles. The highest BCUT2D eigenvalue weighted by Crippen LogP contribution is 2.37. The smallest absolute Gasteiger partial charge is 0.271 e. The lowest BCUT2D eigenvalue weighted by atomic mass is 9.93. The fourth-order valence-electron chi connectivity index (χ4n) is 5.49. The average molecular weight is 494 g/mol. The van der Waals surface area contributed by atoms with Crippen molar-refractivity contribution in [1.82, 2.24) is 14.8 Å². The van der Waals surface area contributed by atoms with E-state index < -0.39 is 5.54 Å². The van der Waals surface area contributed by atoms with E-state index in [1.165, 1.54) is 17.7 Å². The molecule has 6 nitrogen and oxygen atoms in total. The number of benzene rings is 1. The van der Waals surface area contributed by atoms with Crippen molar-refractivity contribution in [2.45, 2.75) is 83.5 Å². The summed E-state index contributed by atoms with van der Waals surface area (Å²) in [5, 5.41) is 3.35. The molecule has 1 aliphatic carbocycles. The van der Waals surface area contributed by atoms with E-state index in [4.69, 9.17) is 4.74 Å². The number of nitrogens with one attached hydrogen (secondary N) is 1. The highest BCUT2D eigenvalue weighted by atomic mass is 32.1. The number of hydrogen-bond acceptors (Lipinski definition) is 4. The minimum absolute atomic E-state index is 0.0512. The van der Waals surface area contributed by atoms with Crippen molar-refractivity contribution in [2.24, 2.45) is 0 Å². The summed E-state index contributed by atoms with van der Waals surface area (Å²) in [7, 11) is 1.64. The zero-order valence-corrected chi connectivity index (χ0v) is 21.7. The first-order chi connectivity index (χ1) is 16.9. The normalized spacial score (nSPS) is 21.1. The van der Waals surface area contributed by atoms with E-state index >= 15 is 0 Å². The number of thiophene rings is 1. The first-order valence-electron chi connectivity index (χ1n) is 12.8. The molecule has 186 valence electrons. The quantitative estimate of drug-likeness (QED) is 0.460. The highest BCUT2D eigenvalue weighted by Gasteiger charge is 2.48. The standard InChI is InChI=1S/C28H35N3O3S/c1-4-22-15-23-25(35-22)16-24-26(32)31(17-19-11-13-21(34-3)14-12-19)28(2,18-30(23)24)27(33)29-20-9-7-5-6-8-10-20/h11-16,20H,4-10,17-18H2,1-3H3,(H,29,33)/t28-/m0/s1. The molecule has 0 unspecified atom stereocenters. The number of fused-ring (bicyclic) bond motifs is 3. The van der Waals surface area contributed by atoms with E-state index in [1.807, 2.05) is 37.3 Å². The SMILES string of the molecule is CCc1cc2c(cc3n2C[C@@](C)(C(=O)NC2CCCCCC2)N(Cc2ccc(OC)cc2)C3=O)s1. The number of methoxy groups -OCH3 is 1. The van der Waals surface area contributed by atoms with Crippen LogP contribution < -0.4 is 10.1 Å². The van der Waals surface area contributed by atoms with Crippen LogP contribution in [0.25, 0.3) is 10.2 Å². The van der Waals surface area contributed by atoms with Crippen LogP contribution in [0, 0.1) is 0 Å². The molecule has 1 N–H and O–H groups in total. The predicted molar refractivity (Wildman–Crippen MR) is 140 cm³/mol. The summed E-state index contributed by atoms with van der Waals surface area (Å²) in [5.41, 5.74) is 1.72. The van der Waals surface area contributed by atoms with Crippen molar-refractivity contribution >= 4 is 33.4 Å². The molecular weight excluding hydrogens is 458 g/mol. The molecule has 35 heavy (non-hydrogen) atoms. The first kappa shape index (κ1) is 23.9. The van der Waals surface area contributed by atoms with Crippen LogP contribution in [0.4, 0.5) is 0 Å². The number of nitrogens with zero attached hydrogens (tertiary/aromatic N) is 2. The van der Waals surface area contributed by atoms with Gasteiger partial charge in [0.05, 0.1) is 23.9 Å². The molecule has 1 aliphatic heterocycles. The van der Waals surface area contributed by atoms with Gasteiger partial charge in [-0.3, -0.25) is 9.59 Å². The molecule has 2 amide bonds. The van der Waals surface area contributed by atoms with Crippen molar-refractivity contribution < 1.29 is 14.3 Å². The second-order valence-corrected chi connectivity index (χ2v) is 11.3. The molecule has 5 rings (SSSR count). The van der Waals surface area contributed by atoms with Crippen molar-refractivity contribution in [3.8, 4) is 5.75 Å². The number of rotatable bonds is 6. The van der Waals surface area contributed by atoms with Crippen LogP contribution >= 0.6 is 11.3 Å². The minimum atomic E-state index is -0.990. The molecule has 2 aromatic heterocycles. The second-order valence-electron chi connectivity index (χ2n) is 10.1. The van der Waals surface area contributed by atoms with E-state index in [0.29, 0.717) is 18.8 Å². The molecule has 1 saturated carbocycles. The van der Waals surface area contributed by atoms with Gasteiger partial charge < -0.3 is 19.5 Å². The van der Waals surface area contributed by atoms with Crippen LogP contribution in [-0.4, -0.2) is 40.0 Å². The van der Waals surface area contributed by atoms with Gasteiger partial charge >= 0.3 is 0 Å². The summed E-state index contributed by atoms with van der Waals surface area (Å²) in [6.07, 6.45) is 7.74. The topological polar surface area (TPSA) is 63.6 Å². The van der Waals surface area contributed by atoms with E-state index in [2.05, 4.69) is 22.9 Å². The summed E-state index contributed by atoms with van der Waals surface area (Å²) in [5.74, 6) is 0.630. The van der Waals surface area contributed by atoms with Gasteiger partial charge in [0.1, 0.15) is 17.0 Å². The molecular formula is C28H35N3O3S. The van der Waals surface area contributed by atoms with Gasteiger partial charge in [-0.2, -0.15) is 0 Å². The van der Waals surface area contributed by atoms with E-state index in [9.17, 15) is 9.59 Å². The third-order valence-electron chi connectivity index (χ3n) is 7.69.